The number of nitro groups is 1. The van der Waals surface area contributed by atoms with E-state index in [1.165, 1.54) is 31.2 Å². The first-order valence-corrected chi connectivity index (χ1v) is 9.10. The van der Waals surface area contributed by atoms with E-state index in [0.29, 0.717) is 42.7 Å². The Morgan fingerprint density at radius 1 is 1.32 bits per heavy atom. The summed E-state index contributed by atoms with van der Waals surface area (Å²) < 4.78 is 14.5. The number of piperidine rings is 1. The van der Waals surface area contributed by atoms with Crippen LogP contribution >= 0.6 is 0 Å². The number of nitro benzene ring substituents is 1. The SMILES string of the molecule is Cc1c(C(=O)NCc2ccc(N3CCC(O)CC3)c(F)c2)cccc1[N+](=O)[O-]. The molecular formula is C20H22FN3O4. The zero-order chi connectivity index (χ0) is 20.3. The van der Waals surface area contributed by atoms with Gasteiger partial charge in [0.2, 0.25) is 0 Å². The van der Waals surface area contributed by atoms with E-state index in [0.717, 1.165) is 0 Å². The van der Waals surface area contributed by atoms with Gasteiger partial charge in [0.1, 0.15) is 5.82 Å². The highest BCUT2D eigenvalue weighted by Gasteiger charge is 2.20. The first kappa shape index (κ1) is 19.8. The minimum absolute atomic E-state index is 0.108. The number of carbonyl (C=O) groups is 1. The molecule has 2 N–H and O–H groups in total. The molecule has 1 fully saturated rings. The van der Waals surface area contributed by atoms with E-state index >= 15 is 0 Å². The fourth-order valence-electron chi connectivity index (χ4n) is 3.37. The molecule has 1 aliphatic rings. The summed E-state index contributed by atoms with van der Waals surface area (Å²) in [6, 6.07) is 9.12. The van der Waals surface area contributed by atoms with Gasteiger partial charge in [-0.25, -0.2) is 4.39 Å². The predicted molar refractivity (Wildman–Crippen MR) is 103 cm³/mol. The van der Waals surface area contributed by atoms with Gasteiger partial charge in [-0.15, -0.1) is 0 Å². The Morgan fingerprint density at radius 3 is 2.68 bits per heavy atom. The van der Waals surface area contributed by atoms with Crippen LogP contribution in [0.3, 0.4) is 0 Å². The number of hydrogen-bond acceptors (Lipinski definition) is 5. The molecule has 0 atom stereocenters. The van der Waals surface area contributed by atoms with Gasteiger partial charge in [-0.3, -0.25) is 14.9 Å². The highest BCUT2D eigenvalue weighted by atomic mass is 19.1. The van der Waals surface area contributed by atoms with Gasteiger partial charge in [-0.05, 0) is 43.5 Å². The maximum absolute atomic E-state index is 14.5. The first-order valence-electron chi connectivity index (χ1n) is 9.10. The Hall–Kier alpha value is -3.00. The average molecular weight is 387 g/mol. The average Bonchev–Trinajstić information content (AvgIpc) is 2.67. The van der Waals surface area contributed by atoms with Gasteiger partial charge in [0, 0.05) is 36.8 Å². The molecule has 0 aromatic heterocycles. The summed E-state index contributed by atoms with van der Waals surface area (Å²) in [6.07, 6.45) is 0.894. The monoisotopic (exact) mass is 387 g/mol. The van der Waals surface area contributed by atoms with Crippen molar-refractivity contribution in [3.63, 3.8) is 0 Å². The quantitative estimate of drug-likeness (QED) is 0.608. The number of nitrogens with one attached hydrogen (secondary N) is 1. The van der Waals surface area contributed by atoms with E-state index in [4.69, 9.17) is 0 Å². The lowest BCUT2D eigenvalue weighted by molar-refractivity contribution is -0.385. The molecule has 0 saturated carbocycles. The normalized spacial score (nSPS) is 14.8. The lowest BCUT2D eigenvalue weighted by Crippen LogP contribution is -2.36. The molecule has 0 bridgehead atoms. The van der Waals surface area contributed by atoms with Gasteiger partial charge in [-0.1, -0.05) is 12.1 Å². The topological polar surface area (TPSA) is 95.7 Å². The van der Waals surface area contributed by atoms with Crippen molar-refractivity contribution in [3.05, 3.63) is 69.0 Å². The van der Waals surface area contributed by atoms with Gasteiger partial charge >= 0.3 is 0 Å². The summed E-state index contributed by atoms with van der Waals surface area (Å²) >= 11 is 0. The molecule has 7 nitrogen and oxygen atoms in total. The summed E-state index contributed by atoms with van der Waals surface area (Å²) in [5.74, 6) is -0.828. The highest BCUT2D eigenvalue weighted by Crippen LogP contribution is 2.25. The summed E-state index contributed by atoms with van der Waals surface area (Å²) in [5.41, 5.74) is 1.47. The van der Waals surface area contributed by atoms with Crippen LogP contribution in [0.1, 0.15) is 34.3 Å². The number of aliphatic hydroxyl groups excluding tert-OH is 1. The standard InChI is InChI=1S/C20H22FN3O4/c1-13-16(3-2-4-18(13)24(27)28)20(26)22-12-14-5-6-19(17(21)11-14)23-9-7-15(25)8-10-23/h2-6,11,15,25H,7-10,12H2,1H3,(H,22,26). The molecule has 0 spiro atoms. The van der Waals surface area contributed by atoms with Crippen LogP contribution in [0.2, 0.25) is 0 Å². The number of anilines is 1. The van der Waals surface area contributed by atoms with Gasteiger partial charge in [-0.2, -0.15) is 0 Å². The van der Waals surface area contributed by atoms with Gasteiger partial charge in [0.05, 0.1) is 16.7 Å². The zero-order valence-electron chi connectivity index (χ0n) is 15.5. The molecule has 3 rings (SSSR count). The molecular weight excluding hydrogens is 365 g/mol. The second-order valence-corrected chi connectivity index (χ2v) is 6.89. The van der Waals surface area contributed by atoms with E-state index in [2.05, 4.69) is 5.32 Å². The van der Waals surface area contributed by atoms with Gasteiger partial charge in [0.15, 0.2) is 0 Å². The largest absolute Gasteiger partial charge is 0.393 e. The van der Waals surface area contributed by atoms with Crippen molar-refractivity contribution in [1.29, 1.82) is 0 Å². The Balaban J connectivity index is 1.67. The first-order chi connectivity index (χ1) is 13.4. The summed E-state index contributed by atoms with van der Waals surface area (Å²) in [7, 11) is 0. The van der Waals surface area contributed by atoms with E-state index in [9.17, 15) is 24.4 Å². The molecule has 148 valence electrons. The van der Waals surface area contributed by atoms with Crippen LogP contribution in [0.5, 0.6) is 0 Å². The Kier molecular flexibility index (Phi) is 5.89. The van der Waals surface area contributed by atoms with Gasteiger partial charge in [0.25, 0.3) is 11.6 Å². The van der Waals surface area contributed by atoms with Crippen molar-refractivity contribution in [2.24, 2.45) is 0 Å². The molecule has 1 amide bonds. The van der Waals surface area contributed by atoms with Crippen molar-refractivity contribution in [1.82, 2.24) is 5.32 Å². The third-order valence-corrected chi connectivity index (χ3v) is 5.02. The molecule has 0 radical (unpaired) electrons. The lowest BCUT2D eigenvalue weighted by Gasteiger charge is -2.31. The molecule has 2 aromatic rings. The molecule has 1 heterocycles. The number of nitrogens with zero attached hydrogens (tertiary/aromatic N) is 2. The zero-order valence-corrected chi connectivity index (χ0v) is 15.5. The van der Waals surface area contributed by atoms with Crippen molar-refractivity contribution in [2.45, 2.75) is 32.4 Å². The Labute approximate surface area is 161 Å². The number of halogens is 1. The van der Waals surface area contributed by atoms with Crippen LogP contribution in [0.15, 0.2) is 36.4 Å². The van der Waals surface area contributed by atoms with Crippen LogP contribution in [0.25, 0.3) is 0 Å². The number of benzene rings is 2. The fourth-order valence-corrected chi connectivity index (χ4v) is 3.37. The van der Waals surface area contributed by atoms with Crippen molar-refractivity contribution < 1.29 is 19.2 Å². The Morgan fingerprint density at radius 2 is 2.04 bits per heavy atom. The van der Waals surface area contributed by atoms with E-state index in [1.807, 2.05) is 4.90 Å². The molecule has 1 aliphatic heterocycles. The van der Waals surface area contributed by atoms with Crippen LogP contribution in [0.4, 0.5) is 15.8 Å². The van der Waals surface area contributed by atoms with E-state index in [-0.39, 0.29) is 29.7 Å². The van der Waals surface area contributed by atoms with E-state index < -0.39 is 10.8 Å². The number of hydrogen-bond donors (Lipinski definition) is 2. The Bertz CT molecular complexity index is 895. The summed E-state index contributed by atoms with van der Waals surface area (Å²) in [6.45, 7) is 2.83. The molecule has 2 aromatic carbocycles. The summed E-state index contributed by atoms with van der Waals surface area (Å²) in [4.78, 5) is 24.8. The number of rotatable bonds is 5. The number of amides is 1. The van der Waals surface area contributed by atoms with Crippen LogP contribution < -0.4 is 10.2 Å². The van der Waals surface area contributed by atoms with Crippen molar-refractivity contribution in [3.8, 4) is 0 Å². The molecule has 1 saturated heterocycles. The van der Waals surface area contributed by atoms with E-state index in [1.54, 1.807) is 12.1 Å². The van der Waals surface area contributed by atoms with Crippen LogP contribution in [-0.4, -0.2) is 35.1 Å². The number of aliphatic hydroxyl groups is 1. The van der Waals surface area contributed by atoms with Crippen molar-refractivity contribution >= 4 is 17.3 Å². The van der Waals surface area contributed by atoms with Crippen molar-refractivity contribution in [2.75, 3.05) is 18.0 Å². The predicted octanol–water partition coefficient (Wildman–Crippen LogP) is 2.93. The molecule has 0 unspecified atom stereocenters. The van der Waals surface area contributed by atoms with Crippen LogP contribution in [0, 0.1) is 22.9 Å². The maximum Gasteiger partial charge on any atom is 0.273 e. The second kappa shape index (κ2) is 8.35. The third-order valence-electron chi connectivity index (χ3n) is 5.02. The smallest absolute Gasteiger partial charge is 0.273 e. The maximum atomic E-state index is 14.5. The minimum atomic E-state index is -0.528. The molecule has 28 heavy (non-hydrogen) atoms. The third kappa shape index (κ3) is 4.28. The number of carbonyl (C=O) groups excluding carboxylic acids is 1. The molecule has 8 heteroatoms. The fraction of sp³-hybridized carbons (Fsp3) is 0.350. The van der Waals surface area contributed by atoms with Crippen LogP contribution in [-0.2, 0) is 6.54 Å². The van der Waals surface area contributed by atoms with Gasteiger partial charge < -0.3 is 15.3 Å². The second-order valence-electron chi connectivity index (χ2n) is 6.89. The minimum Gasteiger partial charge on any atom is -0.393 e. The summed E-state index contributed by atoms with van der Waals surface area (Å²) in [5, 5.41) is 23.3. The highest BCUT2D eigenvalue weighted by molar-refractivity contribution is 5.96. The lowest BCUT2D eigenvalue weighted by atomic mass is 10.1. The molecule has 0 aliphatic carbocycles.